The second-order valence-electron chi connectivity index (χ2n) is 10.7. The van der Waals surface area contributed by atoms with Gasteiger partial charge in [0, 0.05) is 12.8 Å². The van der Waals surface area contributed by atoms with Crippen molar-refractivity contribution >= 4 is 11.8 Å². The van der Waals surface area contributed by atoms with E-state index in [4.69, 9.17) is 10.6 Å². The quantitative estimate of drug-likeness (QED) is 0.435. The maximum Gasteiger partial charge on any atom is 0.302 e. The van der Waals surface area contributed by atoms with Crippen molar-refractivity contribution in [3.8, 4) is 0 Å². The molecule has 0 bridgehead atoms. The van der Waals surface area contributed by atoms with Crippen LogP contribution < -0.4 is 11.3 Å². The topological polar surface area (TPSA) is 81.4 Å². The van der Waals surface area contributed by atoms with Gasteiger partial charge in [0.25, 0.3) is 0 Å². The van der Waals surface area contributed by atoms with E-state index >= 15 is 0 Å². The maximum absolute atomic E-state index is 12.7. The molecule has 0 radical (unpaired) electrons. The van der Waals surface area contributed by atoms with Gasteiger partial charge in [-0.2, -0.15) is 0 Å². The van der Waals surface area contributed by atoms with Crippen LogP contribution >= 0.6 is 0 Å². The Hall–Kier alpha value is -0.940. The van der Waals surface area contributed by atoms with E-state index in [-0.39, 0.29) is 23.4 Å². The van der Waals surface area contributed by atoms with Gasteiger partial charge in [0.1, 0.15) is 6.10 Å². The van der Waals surface area contributed by atoms with Crippen molar-refractivity contribution in [3.63, 3.8) is 0 Å². The standard InChI is InChI=1S/C23H38N2O3/c1-14(26)28-16-8-10-22(2)15(12-16)4-5-17-18-6-7-20(21(27)13-25-24)23(18,3)11-9-19(17)22/h15-20,25H,4-13,24H2,1-3H3/t15-,16-,17-,18-,19-,20+,22-,23-/m0/s1. The van der Waals surface area contributed by atoms with Crippen molar-refractivity contribution in [1.82, 2.24) is 5.43 Å². The van der Waals surface area contributed by atoms with Gasteiger partial charge in [0.2, 0.25) is 0 Å². The number of ketones is 1. The van der Waals surface area contributed by atoms with Gasteiger partial charge >= 0.3 is 5.97 Å². The first-order valence-corrected chi connectivity index (χ1v) is 11.4. The van der Waals surface area contributed by atoms with E-state index in [0.29, 0.717) is 29.6 Å². The fraction of sp³-hybridized carbons (Fsp3) is 0.913. The lowest BCUT2D eigenvalue weighted by molar-refractivity contribution is -0.161. The van der Waals surface area contributed by atoms with Crippen LogP contribution in [0.1, 0.15) is 78.6 Å². The van der Waals surface area contributed by atoms with E-state index in [2.05, 4.69) is 19.3 Å². The molecule has 4 aliphatic carbocycles. The molecule has 4 fully saturated rings. The Morgan fingerprint density at radius 3 is 2.43 bits per heavy atom. The highest BCUT2D eigenvalue weighted by Gasteiger charge is 2.61. The van der Waals surface area contributed by atoms with E-state index in [1.54, 1.807) is 0 Å². The predicted molar refractivity (Wildman–Crippen MR) is 108 cm³/mol. The molecule has 0 aromatic rings. The Bertz CT molecular complexity index is 637. The molecule has 4 rings (SSSR count). The Labute approximate surface area is 169 Å². The average Bonchev–Trinajstić information content (AvgIpc) is 2.99. The average molecular weight is 391 g/mol. The number of ether oxygens (including phenoxy) is 1. The fourth-order valence-corrected chi connectivity index (χ4v) is 8.31. The molecular weight excluding hydrogens is 352 g/mol. The van der Waals surface area contributed by atoms with Crippen LogP contribution in [0.15, 0.2) is 0 Å². The lowest BCUT2D eigenvalue weighted by Gasteiger charge is -2.61. The maximum atomic E-state index is 12.7. The number of rotatable bonds is 4. The largest absolute Gasteiger partial charge is 0.463 e. The number of hydrogen-bond donors (Lipinski definition) is 2. The van der Waals surface area contributed by atoms with Crippen molar-refractivity contribution in [2.75, 3.05) is 6.54 Å². The van der Waals surface area contributed by atoms with E-state index in [1.165, 1.54) is 45.4 Å². The van der Waals surface area contributed by atoms with Crippen molar-refractivity contribution in [1.29, 1.82) is 0 Å². The third-order valence-electron chi connectivity index (χ3n) is 9.62. The summed E-state index contributed by atoms with van der Waals surface area (Å²) in [6.45, 7) is 6.76. The number of esters is 1. The summed E-state index contributed by atoms with van der Waals surface area (Å²) in [5, 5.41) is 0. The number of hydrazine groups is 1. The van der Waals surface area contributed by atoms with Gasteiger partial charge in [-0.3, -0.25) is 20.9 Å². The minimum absolute atomic E-state index is 0.123. The Balaban J connectivity index is 1.51. The molecule has 0 unspecified atom stereocenters. The van der Waals surface area contributed by atoms with Gasteiger partial charge in [-0.1, -0.05) is 13.8 Å². The SMILES string of the molecule is CC(=O)O[C@H]1CC[C@@]2(C)[C@@H](CC[C@@H]3[C@@H]2CC[C@]2(C)[C@@H](C(=O)CNN)CC[C@@H]32)C1. The second kappa shape index (κ2) is 7.39. The van der Waals surface area contributed by atoms with Crippen LogP contribution in [-0.4, -0.2) is 24.4 Å². The fourth-order valence-electron chi connectivity index (χ4n) is 8.31. The number of fused-ring (bicyclic) bond motifs is 5. The third kappa shape index (κ3) is 3.13. The van der Waals surface area contributed by atoms with Crippen LogP contribution in [0.2, 0.25) is 0 Å². The summed E-state index contributed by atoms with van der Waals surface area (Å²) in [4.78, 5) is 24.1. The van der Waals surface area contributed by atoms with Crippen LogP contribution in [-0.2, 0) is 14.3 Å². The summed E-state index contributed by atoms with van der Waals surface area (Å²) < 4.78 is 5.58. The van der Waals surface area contributed by atoms with Gasteiger partial charge in [0.15, 0.2) is 5.78 Å². The monoisotopic (exact) mass is 390 g/mol. The highest BCUT2D eigenvalue weighted by Crippen LogP contribution is 2.67. The first-order chi connectivity index (χ1) is 13.3. The summed E-state index contributed by atoms with van der Waals surface area (Å²) in [5.74, 6) is 8.69. The molecule has 0 amide bonds. The highest BCUT2D eigenvalue weighted by molar-refractivity contribution is 5.84. The van der Waals surface area contributed by atoms with E-state index in [9.17, 15) is 9.59 Å². The van der Waals surface area contributed by atoms with E-state index in [1.807, 2.05) is 0 Å². The minimum Gasteiger partial charge on any atom is -0.463 e. The van der Waals surface area contributed by atoms with Crippen LogP contribution in [0.4, 0.5) is 0 Å². The summed E-state index contributed by atoms with van der Waals surface area (Å²) >= 11 is 0. The molecule has 3 N–H and O–H groups in total. The molecule has 0 aromatic carbocycles. The van der Waals surface area contributed by atoms with Gasteiger partial charge in [-0.05, 0) is 92.3 Å². The van der Waals surface area contributed by atoms with Crippen molar-refractivity contribution < 1.29 is 14.3 Å². The highest BCUT2D eigenvalue weighted by atomic mass is 16.5. The molecule has 0 heterocycles. The van der Waals surface area contributed by atoms with Crippen LogP contribution in [0.5, 0.6) is 0 Å². The molecule has 158 valence electrons. The molecule has 28 heavy (non-hydrogen) atoms. The van der Waals surface area contributed by atoms with E-state index in [0.717, 1.165) is 31.1 Å². The molecule has 8 atom stereocenters. The predicted octanol–water partition coefficient (Wildman–Crippen LogP) is 3.61. The summed E-state index contributed by atoms with van der Waals surface area (Å²) in [6.07, 6.45) is 10.6. The van der Waals surface area contributed by atoms with Gasteiger partial charge in [-0.25, -0.2) is 0 Å². The number of carbonyl (C=O) groups is 2. The number of Topliss-reactive ketones (excluding diaryl/α,β-unsaturated/α-hetero) is 1. The molecule has 0 aliphatic heterocycles. The van der Waals surface area contributed by atoms with Crippen LogP contribution in [0, 0.1) is 40.4 Å². The molecule has 5 nitrogen and oxygen atoms in total. The second-order valence-corrected chi connectivity index (χ2v) is 10.7. The van der Waals surface area contributed by atoms with Gasteiger partial charge in [0.05, 0.1) is 6.54 Å². The van der Waals surface area contributed by atoms with Crippen molar-refractivity contribution in [3.05, 3.63) is 0 Å². The first-order valence-electron chi connectivity index (χ1n) is 11.4. The zero-order valence-electron chi connectivity index (χ0n) is 17.8. The van der Waals surface area contributed by atoms with Gasteiger partial charge in [-0.15, -0.1) is 0 Å². The summed E-state index contributed by atoms with van der Waals surface area (Å²) in [7, 11) is 0. The van der Waals surface area contributed by atoms with Crippen LogP contribution in [0.25, 0.3) is 0 Å². The lowest BCUT2D eigenvalue weighted by atomic mass is 9.44. The number of nitrogens with one attached hydrogen (secondary N) is 1. The Morgan fingerprint density at radius 2 is 1.71 bits per heavy atom. The molecular formula is C23H38N2O3. The van der Waals surface area contributed by atoms with Gasteiger partial charge < -0.3 is 4.74 Å². The molecule has 0 spiro atoms. The molecule has 5 heteroatoms. The lowest BCUT2D eigenvalue weighted by Crippen LogP contribution is -2.54. The minimum atomic E-state index is -0.135. The number of carbonyl (C=O) groups excluding carboxylic acids is 2. The first kappa shape index (κ1) is 20.3. The number of hydrogen-bond acceptors (Lipinski definition) is 5. The van der Waals surface area contributed by atoms with E-state index < -0.39 is 0 Å². The van der Waals surface area contributed by atoms with Crippen LogP contribution in [0.3, 0.4) is 0 Å². The summed E-state index contributed by atoms with van der Waals surface area (Å²) in [5.41, 5.74) is 3.13. The molecule has 0 saturated heterocycles. The Morgan fingerprint density at radius 1 is 1.00 bits per heavy atom. The Kier molecular flexibility index (Phi) is 5.37. The zero-order valence-corrected chi connectivity index (χ0v) is 17.8. The number of nitrogens with two attached hydrogens (primary N) is 1. The smallest absolute Gasteiger partial charge is 0.302 e. The molecule has 4 saturated carbocycles. The zero-order chi connectivity index (χ0) is 20.1. The summed E-state index contributed by atoms with van der Waals surface area (Å²) in [6, 6.07) is 0. The van der Waals surface area contributed by atoms with Crippen molar-refractivity contribution in [2.24, 2.45) is 46.3 Å². The normalized spacial score (nSPS) is 47.6. The molecule has 4 aliphatic rings. The molecule has 0 aromatic heterocycles. The van der Waals surface area contributed by atoms with Crippen molar-refractivity contribution in [2.45, 2.75) is 84.7 Å². The third-order valence-corrected chi connectivity index (χ3v) is 9.62.